The third-order valence-corrected chi connectivity index (χ3v) is 3.37. The van der Waals surface area contributed by atoms with Crippen LogP contribution in [0, 0.1) is 0 Å². The highest BCUT2D eigenvalue weighted by Gasteiger charge is 2.23. The van der Waals surface area contributed by atoms with E-state index in [0.717, 1.165) is 0 Å². The van der Waals surface area contributed by atoms with Gasteiger partial charge in [0.15, 0.2) is 0 Å². The summed E-state index contributed by atoms with van der Waals surface area (Å²) in [6.45, 7) is 15.6. The molecule has 0 aromatic heterocycles. The predicted octanol–water partition coefficient (Wildman–Crippen LogP) is 2.59. The molecule has 2 heteroatoms. The summed E-state index contributed by atoms with van der Waals surface area (Å²) in [6, 6.07) is 0. The summed E-state index contributed by atoms with van der Waals surface area (Å²) in [5, 5.41) is 0. The van der Waals surface area contributed by atoms with E-state index >= 15 is 0 Å². The Morgan fingerprint density at radius 3 is 2.33 bits per heavy atom. The second kappa shape index (κ2) is 5.86. The van der Waals surface area contributed by atoms with Gasteiger partial charge in [-0.1, -0.05) is 13.3 Å². The topological polar surface area (TPSA) is 6.48 Å². The van der Waals surface area contributed by atoms with Gasteiger partial charge in [-0.2, -0.15) is 0 Å². The molecule has 0 atom stereocenters. The molecule has 2 nitrogen and oxygen atoms in total. The normalized spacial score (nSPS) is 21.6. The highest BCUT2D eigenvalue weighted by atomic mass is 15.2. The van der Waals surface area contributed by atoms with Crippen LogP contribution in [-0.2, 0) is 0 Å². The van der Waals surface area contributed by atoms with Crippen LogP contribution in [0.4, 0.5) is 0 Å². The molecule has 0 aromatic rings. The minimum absolute atomic E-state index is 0.348. The molecular weight excluding hydrogens is 184 g/mol. The Labute approximate surface area is 95.6 Å². The van der Waals surface area contributed by atoms with Crippen LogP contribution in [0.5, 0.6) is 0 Å². The molecule has 0 aliphatic carbocycles. The quantitative estimate of drug-likeness (QED) is 0.709. The van der Waals surface area contributed by atoms with Crippen molar-refractivity contribution in [2.45, 2.75) is 52.5 Å². The number of nitrogens with zero attached hydrogens (tertiary/aromatic N) is 2. The number of hydrogen-bond donors (Lipinski definition) is 0. The lowest BCUT2D eigenvalue weighted by molar-refractivity contribution is 0.140. The van der Waals surface area contributed by atoms with Crippen LogP contribution in [0.25, 0.3) is 0 Å². The minimum atomic E-state index is 0.348. The molecule has 0 N–H and O–H groups in total. The van der Waals surface area contributed by atoms with Gasteiger partial charge in [0.2, 0.25) is 0 Å². The van der Waals surface area contributed by atoms with Crippen molar-refractivity contribution in [2.24, 2.45) is 0 Å². The Balaban J connectivity index is 2.35. The van der Waals surface area contributed by atoms with E-state index in [0.29, 0.717) is 5.54 Å². The first kappa shape index (κ1) is 13.0. The largest absolute Gasteiger partial charge is 0.302 e. The van der Waals surface area contributed by atoms with E-state index in [1.54, 1.807) is 0 Å². The summed E-state index contributed by atoms with van der Waals surface area (Å²) >= 11 is 0. The first-order valence-corrected chi connectivity index (χ1v) is 6.51. The Bertz CT molecular complexity index is 172. The molecule has 1 aliphatic heterocycles. The fourth-order valence-corrected chi connectivity index (χ4v) is 2.25. The van der Waals surface area contributed by atoms with E-state index in [4.69, 9.17) is 0 Å². The molecule has 15 heavy (non-hydrogen) atoms. The second-order valence-electron chi connectivity index (χ2n) is 5.71. The van der Waals surface area contributed by atoms with Gasteiger partial charge in [0.1, 0.15) is 0 Å². The van der Waals surface area contributed by atoms with Crippen molar-refractivity contribution in [2.75, 3.05) is 32.7 Å². The van der Waals surface area contributed by atoms with E-state index in [9.17, 15) is 0 Å². The van der Waals surface area contributed by atoms with Crippen LogP contribution >= 0.6 is 0 Å². The number of hydrogen-bond acceptors (Lipinski definition) is 2. The average Bonchev–Trinajstić information content (AvgIpc) is 2.38. The lowest BCUT2D eigenvalue weighted by Gasteiger charge is -2.34. The zero-order chi connectivity index (χ0) is 11.3. The third-order valence-electron chi connectivity index (χ3n) is 3.37. The van der Waals surface area contributed by atoms with Crippen molar-refractivity contribution in [1.82, 2.24) is 9.80 Å². The highest BCUT2D eigenvalue weighted by Crippen LogP contribution is 2.16. The molecule has 90 valence electrons. The smallest absolute Gasteiger partial charge is 0.0125 e. The summed E-state index contributed by atoms with van der Waals surface area (Å²) in [4.78, 5) is 5.26. The van der Waals surface area contributed by atoms with Gasteiger partial charge in [0, 0.05) is 18.6 Å². The van der Waals surface area contributed by atoms with Gasteiger partial charge in [-0.25, -0.2) is 0 Å². The van der Waals surface area contributed by atoms with Crippen LogP contribution in [0.1, 0.15) is 47.0 Å². The average molecular weight is 212 g/mol. The summed E-state index contributed by atoms with van der Waals surface area (Å²) in [5.74, 6) is 0. The van der Waals surface area contributed by atoms with Gasteiger partial charge >= 0.3 is 0 Å². The zero-order valence-corrected chi connectivity index (χ0v) is 11.1. The molecule has 0 unspecified atom stereocenters. The maximum Gasteiger partial charge on any atom is 0.0125 e. The SMILES string of the molecule is CCCCN1CCCN(C(C)(C)C)CC1. The van der Waals surface area contributed by atoms with E-state index < -0.39 is 0 Å². The molecule has 0 spiro atoms. The first-order chi connectivity index (χ1) is 7.04. The van der Waals surface area contributed by atoms with Crippen molar-refractivity contribution in [3.05, 3.63) is 0 Å². The van der Waals surface area contributed by atoms with Gasteiger partial charge in [-0.05, 0) is 53.2 Å². The zero-order valence-electron chi connectivity index (χ0n) is 11.1. The van der Waals surface area contributed by atoms with E-state index in [2.05, 4.69) is 37.5 Å². The van der Waals surface area contributed by atoms with Crippen LogP contribution < -0.4 is 0 Å². The summed E-state index contributed by atoms with van der Waals surface area (Å²) < 4.78 is 0. The monoisotopic (exact) mass is 212 g/mol. The Hall–Kier alpha value is -0.0800. The van der Waals surface area contributed by atoms with Crippen molar-refractivity contribution in [3.63, 3.8) is 0 Å². The third kappa shape index (κ3) is 4.52. The second-order valence-corrected chi connectivity index (χ2v) is 5.71. The maximum absolute atomic E-state index is 2.63. The minimum Gasteiger partial charge on any atom is -0.302 e. The molecule has 0 radical (unpaired) electrons. The van der Waals surface area contributed by atoms with Crippen molar-refractivity contribution in [3.8, 4) is 0 Å². The Morgan fingerprint density at radius 1 is 1.00 bits per heavy atom. The van der Waals surface area contributed by atoms with Gasteiger partial charge in [-0.15, -0.1) is 0 Å². The van der Waals surface area contributed by atoms with Gasteiger partial charge < -0.3 is 4.90 Å². The molecular formula is C13H28N2. The lowest BCUT2D eigenvalue weighted by atomic mass is 10.1. The van der Waals surface area contributed by atoms with Crippen molar-refractivity contribution < 1.29 is 0 Å². The number of rotatable bonds is 3. The lowest BCUT2D eigenvalue weighted by Crippen LogP contribution is -2.43. The summed E-state index contributed by atoms with van der Waals surface area (Å²) in [6.07, 6.45) is 4.01. The maximum atomic E-state index is 2.63. The standard InChI is InChI=1S/C13H28N2/c1-5-6-8-14-9-7-10-15(12-11-14)13(2,3)4/h5-12H2,1-4H3. The molecule has 0 amide bonds. The fourth-order valence-electron chi connectivity index (χ4n) is 2.25. The molecule has 1 heterocycles. The van der Waals surface area contributed by atoms with Crippen molar-refractivity contribution in [1.29, 1.82) is 0 Å². The van der Waals surface area contributed by atoms with Gasteiger partial charge in [0.05, 0.1) is 0 Å². The molecule has 0 saturated carbocycles. The van der Waals surface area contributed by atoms with E-state index in [1.807, 2.05) is 0 Å². The van der Waals surface area contributed by atoms with Gasteiger partial charge in [-0.3, -0.25) is 4.90 Å². The van der Waals surface area contributed by atoms with Gasteiger partial charge in [0.25, 0.3) is 0 Å². The van der Waals surface area contributed by atoms with Crippen LogP contribution in [-0.4, -0.2) is 48.1 Å². The summed E-state index contributed by atoms with van der Waals surface area (Å²) in [7, 11) is 0. The molecule has 1 saturated heterocycles. The predicted molar refractivity (Wildman–Crippen MR) is 67.3 cm³/mol. The van der Waals surface area contributed by atoms with Crippen molar-refractivity contribution >= 4 is 0 Å². The van der Waals surface area contributed by atoms with Crippen LogP contribution in [0.15, 0.2) is 0 Å². The van der Waals surface area contributed by atoms with E-state index in [-0.39, 0.29) is 0 Å². The number of unbranched alkanes of at least 4 members (excludes halogenated alkanes) is 1. The Morgan fingerprint density at radius 2 is 1.73 bits per heavy atom. The highest BCUT2D eigenvalue weighted by molar-refractivity contribution is 4.79. The molecule has 0 aromatic carbocycles. The molecule has 1 fully saturated rings. The van der Waals surface area contributed by atoms with Crippen LogP contribution in [0.2, 0.25) is 0 Å². The Kier molecular flexibility index (Phi) is 5.07. The molecule has 1 rings (SSSR count). The van der Waals surface area contributed by atoms with Crippen LogP contribution in [0.3, 0.4) is 0 Å². The fraction of sp³-hybridized carbons (Fsp3) is 1.00. The molecule has 0 bridgehead atoms. The van der Waals surface area contributed by atoms with E-state index in [1.165, 1.54) is 52.0 Å². The summed E-state index contributed by atoms with van der Waals surface area (Å²) in [5.41, 5.74) is 0.348. The molecule has 1 aliphatic rings. The first-order valence-electron chi connectivity index (χ1n) is 6.51.